The van der Waals surface area contributed by atoms with E-state index < -0.39 is 17.7 Å². The monoisotopic (exact) mass is 226 g/mol. The van der Waals surface area contributed by atoms with Crippen LogP contribution in [0.4, 0.5) is 8.78 Å². The molecule has 2 atom stereocenters. The summed E-state index contributed by atoms with van der Waals surface area (Å²) in [6.45, 7) is 5.56. The molecule has 2 unspecified atom stereocenters. The number of halogens is 2. The molecule has 1 aliphatic carbocycles. The normalized spacial score (nSPS) is 24.2. The second-order valence-corrected chi connectivity index (χ2v) is 5.34. The van der Waals surface area contributed by atoms with Gasteiger partial charge in [0.15, 0.2) is 0 Å². The Morgan fingerprint density at radius 1 is 1.38 bits per heavy atom. The third kappa shape index (κ3) is 1.73. The van der Waals surface area contributed by atoms with Gasteiger partial charge in [0.05, 0.1) is 11.7 Å². The van der Waals surface area contributed by atoms with Crippen LogP contribution in [0.2, 0.25) is 0 Å². The molecule has 0 saturated heterocycles. The Hall–Kier alpha value is -0.960. The van der Waals surface area contributed by atoms with Gasteiger partial charge in [0.1, 0.15) is 11.6 Å². The second-order valence-electron chi connectivity index (χ2n) is 5.34. The highest BCUT2D eigenvalue weighted by atomic mass is 19.1. The predicted octanol–water partition coefficient (Wildman–Crippen LogP) is 3.35. The Kier molecular flexibility index (Phi) is 2.54. The van der Waals surface area contributed by atoms with Gasteiger partial charge in [0.25, 0.3) is 0 Å². The van der Waals surface area contributed by atoms with E-state index in [9.17, 15) is 13.9 Å². The van der Waals surface area contributed by atoms with Crippen LogP contribution in [0, 0.1) is 29.9 Å². The van der Waals surface area contributed by atoms with E-state index in [1.54, 1.807) is 6.92 Å². The van der Waals surface area contributed by atoms with E-state index >= 15 is 0 Å². The van der Waals surface area contributed by atoms with Gasteiger partial charge >= 0.3 is 0 Å². The van der Waals surface area contributed by atoms with Crippen molar-refractivity contribution in [1.29, 1.82) is 0 Å². The van der Waals surface area contributed by atoms with Crippen LogP contribution in [0.3, 0.4) is 0 Å². The van der Waals surface area contributed by atoms with Crippen LogP contribution in [0.1, 0.15) is 37.5 Å². The van der Waals surface area contributed by atoms with Gasteiger partial charge in [-0.05, 0) is 36.3 Å². The van der Waals surface area contributed by atoms with Crippen LogP contribution in [-0.2, 0) is 0 Å². The number of rotatable bonds is 2. The Bertz CT molecular complexity index is 426. The fraction of sp³-hybridized carbons (Fsp3) is 0.538. The van der Waals surface area contributed by atoms with Gasteiger partial charge in [-0.1, -0.05) is 19.9 Å². The summed E-state index contributed by atoms with van der Waals surface area (Å²) in [5.41, 5.74) is 0.187. The molecule has 0 amide bonds. The van der Waals surface area contributed by atoms with Gasteiger partial charge < -0.3 is 5.11 Å². The lowest BCUT2D eigenvalue weighted by Crippen LogP contribution is -2.10. The lowest BCUT2D eigenvalue weighted by Gasteiger charge is -2.15. The Morgan fingerprint density at radius 2 is 1.94 bits per heavy atom. The Labute approximate surface area is 94.1 Å². The van der Waals surface area contributed by atoms with Crippen molar-refractivity contribution in [2.75, 3.05) is 0 Å². The van der Waals surface area contributed by atoms with Crippen molar-refractivity contribution in [2.45, 2.75) is 33.3 Å². The molecule has 0 radical (unpaired) electrons. The summed E-state index contributed by atoms with van der Waals surface area (Å²) in [4.78, 5) is 0. The van der Waals surface area contributed by atoms with E-state index in [2.05, 4.69) is 0 Å². The van der Waals surface area contributed by atoms with Crippen molar-refractivity contribution < 1.29 is 13.9 Å². The number of aryl methyl sites for hydroxylation is 1. The van der Waals surface area contributed by atoms with Crippen molar-refractivity contribution in [3.63, 3.8) is 0 Å². The van der Waals surface area contributed by atoms with Crippen LogP contribution in [0.5, 0.6) is 0 Å². The lowest BCUT2D eigenvalue weighted by molar-refractivity contribution is 0.129. The number of benzene rings is 1. The molecule has 2 rings (SSSR count). The second kappa shape index (κ2) is 3.52. The van der Waals surface area contributed by atoms with Gasteiger partial charge in [0.2, 0.25) is 0 Å². The SMILES string of the molecule is Cc1ccc(F)c(C(O)C2CC2(C)C)c1F. The highest BCUT2D eigenvalue weighted by Crippen LogP contribution is 2.58. The first-order valence-corrected chi connectivity index (χ1v) is 5.47. The smallest absolute Gasteiger partial charge is 0.134 e. The number of hydrogen-bond donors (Lipinski definition) is 1. The van der Waals surface area contributed by atoms with Gasteiger partial charge in [-0.3, -0.25) is 0 Å². The summed E-state index contributed by atoms with van der Waals surface area (Å²) < 4.78 is 27.3. The van der Waals surface area contributed by atoms with Crippen molar-refractivity contribution in [3.8, 4) is 0 Å². The van der Waals surface area contributed by atoms with Crippen molar-refractivity contribution in [1.82, 2.24) is 0 Å². The fourth-order valence-corrected chi connectivity index (χ4v) is 2.20. The van der Waals surface area contributed by atoms with E-state index in [-0.39, 0.29) is 16.9 Å². The Morgan fingerprint density at radius 3 is 2.44 bits per heavy atom. The molecule has 0 aromatic heterocycles. The molecule has 0 spiro atoms. The van der Waals surface area contributed by atoms with Crippen LogP contribution >= 0.6 is 0 Å². The summed E-state index contributed by atoms with van der Waals surface area (Å²) in [5.74, 6) is -1.31. The minimum atomic E-state index is -1.03. The van der Waals surface area contributed by atoms with Crippen molar-refractivity contribution in [3.05, 3.63) is 34.9 Å². The van der Waals surface area contributed by atoms with Crippen LogP contribution in [-0.4, -0.2) is 5.11 Å². The molecule has 1 fully saturated rings. The van der Waals surface area contributed by atoms with Gasteiger partial charge in [-0.2, -0.15) is 0 Å². The van der Waals surface area contributed by atoms with E-state index in [4.69, 9.17) is 0 Å². The molecule has 16 heavy (non-hydrogen) atoms. The minimum Gasteiger partial charge on any atom is -0.388 e. The summed E-state index contributed by atoms with van der Waals surface area (Å²) in [7, 11) is 0. The van der Waals surface area contributed by atoms with E-state index in [0.29, 0.717) is 5.56 Å². The lowest BCUT2D eigenvalue weighted by atomic mass is 9.97. The van der Waals surface area contributed by atoms with Crippen LogP contribution in [0.25, 0.3) is 0 Å². The van der Waals surface area contributed by atoms with Gasteiger partial charge in [-0.15, -0.1) is 0 Å². The standard InChI is InChI=1S/C13H16F2O/c1-7-4-5-9(14)10(11(7)15)12(16)8-6-13(8,2)3/h4-5,8,12,16H,6H2,1-3H3. The quantitative estimate of drug-likeness (QED) is 0.819. The molecule has 1 aromatic rings. The van der Waals surface area contributed by atoms with E-state index in [1.165, 1.54) is 12.1 Å². The predicted molar refractivity (Wildman–Crippen MR) is 57.9 cm³/mol. The minimum absolute atomic E-state index is 0.0119. The average Bonchev–Trinajstić information content (AvgIpc) is 2.82. The summed E-state index contributed by atoms with van der Waals surface area (Å²) in [6, 6.07) is 2.60. The molecule has 88 valence electrons. The van der Waals surface area contributed by atoms with Crippen molar-refractivity contribution in [2.24, 2.45) is 11.3 Å². The van der Waals surface area contributed by atoms with Crippen molar-refractivity contribution >= 4 is 0 Å². The third-order valence-electron chi connectivity index (χ3n) is 3.59. The maximum atomic E-state index is 13.8. The molecule has 1 saturated carbocycles. The molecule has 0 aliphatic heterocycles. The van der Waals surface area contributed by atoms with E-state index in [0.717, 1.165) is 6.42 Å². The first kappa shape index (κ1) is 11.5. The fourth-order valence-electron chi connectivity index (χ4n) is 2.20. The zero-order valence-corrected chi connectivity index (χ0v) is 9.72. The zero-order chi connectivity index (χ0) is 12.1. The summed E-state index contributed by atoms with van der Waals surface area (Å²) in [5, 5.41) is 10.0. The molecule has 3 heteroatoms. The van der Waals surface area contributed by atoms with Gasteiger partial charge in [0, 0.05) is 0 Å². The van der Waals surface area contributed by atoms with Gasteiger partial charge in [-0.25, -0.2) is 8.78 Å². The largest absolute Gasteiger partial charge is 0.388 e. The molecule has 0 heterocycles. The molecular formula is C13H16F2O. The summed E-state index contributed by atoms with van der Waals surface area (Å²) >= 11 is 0. The van der Waals surface area contributed by atoms with Crippen LogP contribution in [0.15, 0.2) is 12.1 Å². The molecule has 1 N–H and O–H groups in total. The van der Waals surface area contributed by atoms with Crippen LogP contribution < -0.4 is 0 Å². The molecule has 1 aromatic carbocycles. The maximum Gasteiger partial charge on any atom is 0.134 e. The highest BCUT2D eigenvalue weighted by molar-refractivity contribution is 5.30. The first-order valence-electron chi connectivity index (χ1n) is 5.47. The topological polar surface area (TPSA) is 20.2 Å². The molecular weight excluding hydrogens is 210 g/mol. The number of aliphatic hydroxyl groups is 1. The average molecular weight is 226 g/mol. The van der Waals surface area contributed by atoms with E-state index in [1.807, 2.05) is 13.8 Å². The number of hydrogen-bond acceptors (Lipinski definition) is 1. The zero-order valence-electron chi connectivity index (χ0n) is 9.72. The first-order chi connectivity index (χ1) is 7.34. The maximum absolute atomic E-state index is 13.8. The number of aliphatic hydroxyl groups excluding tert-OH is 1. The summed E-state index contributed by atoms with van der Waals surface area (Å²) in [6.07, 6.45) is -0.226. The molecule has 0 bridgehead atoms. The molecule has 1 aliphatic rings. The third-order valence-corrected chi connectivity index (χ3v) is 3.59. The molecule has 1 nitrogen and oxygen atoms in total. The Balaban J connectivity index is 2.37. The highest BCUT2D eigenvalue weighted by Gasteiger charge is 2.51.